The van der Waals surface area contributed by atoms with Crippen LogP contribution in [0.4, 0.5) is 0 Å². The maximum Gasteiger partial charge on any atom is 0.0516 e. The molecule has 0 aromatic rings. The van der Waals surface area contributed by atoms with Crippen molar-refractivity contribution in [3.05, 3.63) is 0 Å². The Morgan fingerprint density at radius 1 is 1.12 bits per heavy atom. The minimum absolute atomic E-state index is 0.417. The maximum absolute atomic E-state index is 5.34. The Bertz CT molecular complexity index is 241. The van der Waals surface area contributed by atoms with Crippen molar-refractivity contribution < 1.29 is 4.74 Å². The molecule has 100 valence electrons. The van der Waals surface area contributed by atoms with Gasteiger partial charge in [0.25, 0.3) is 0 Å². The minimum Gasteiger partial charge on any atom is -0.384 e. The second-order valence-electron chi connectivity index (χ2n) is 6.76. The SMILES string of the molecule is COCC1(C)CCN(CC2(C)CCNC2)CC1. The number of hydrogen-bond donors (Lipinski definition) is 1. The molecule has 1 N–H and O–H groups in total. The van der Waals surface area contributed by atoms with E-state index in [2.05, 4.69) is 24.1 Å². The van der Waals surface area contributed by atoms with Gasteiger partial charge in [-0.15, -0.1) is 0 Å². The third-order valence-corrected chi connectivity index (χ3v) is 4.62. The molecule has 2 aliphatic rings. The van der Waals surface area contributed by atoms with Crippen LogP contribution >= 0.6 is 0 Å². The quantitative estimate of drug-likeness (QED) is 0.810. The molecule has 2 saturated heterocycles. The molecule has 2 rings (SSSR count). The van der Waals surface area contributed by atoms with Gasteiger partial charge in [0, 0.05) is 20.2 Å². The van der Waals surface area contributed by atoms with E-state index in [0.717, 1.165) is 6.61 Å². The number of nitrogens with zero attached hydrogens (tertiary/aromatic N) is 1. The molecule has 0 aliphatic carbocycles. The van der Waals surface area contributed by atoms with Crippen LogP contribution in [0.2, 0.25) is 0 Å². The number of hydrogen-bond acceptors (Lipinski definition) is 3. The summed E-state index contributed by atoms with van der Waals surface area (Å²) in [5.74, 6) is 0. The Balaban J connectivity index is 1.79. The molecule has 0 aromatic heterocycles. The molecule has 1 unspecified atom stereocenters. The van der Waals surface area contributed by atoms with E-state index in [-0.39, 0.29) is 0 Å². The summed E-state index contributed by atoms with van der Waals surface area (Å²) < 4.78 is 5.34. The first kappa shape index (κ1) is 13.3. The Hall–Kier alpha value is -0.120. The summed E-state index contributed by atoms with van der Waals surface area (Å²) >= 11 is 0. The first-order valence-electron chi connectivity index (χ1n) is 6.97. The van der Waals surface area contributed by atoms with E-state index in [9.17, 15) is 0 Å². The van der Waals surface area contributed by atoms with Gasteiger partial charge in [-0.05, 0) is 49.7 Å². The molecule has 0 saturated carbocycles. The third-order valence-electron chi connectivity index (χ3n) is 4.62. The number of nitrogens with one attached hydrogen (secondary N) is 1. The van der Waals surface area contributed by atoms with Crippen LogP contribution < -0.4 is 5.32 Å². The van der Waals surface area contributed by atoms with Crippen LogP contribution in [0.3, 0.4) is 0 Å². The van der Waals surface area contributed by atoms with Crippen molar-refractivity contribution >= 4 is 0 Å². The predicted octanol–water partition coefficient (Wildman–Crippen LogP) is 1.73. The fourth-order valence-electron chi connectivity index (χ4n) is 3.29. The molecule has 0 amide bonds. The normalized spacial score (nSPS) is 34.1. The number of piperidine rings is 1. The van der Waals surface area contributed by atoms with Gasteiger partial charge in [0.2, 0.25) is 0 Å². The second-order valence-corrected chi connectivity index (χ2v) is 6.76. The van der Waals surface area contributed by atoms with Crippen LogP contribution in [-0.4, -0.2) is 51.3 Å². The van der Waals surface area contributed by atoms with E-state index in [1.165, 1.54) is 52.0 Å². The summed E-state index contributed by atoms with van der Waals surface area (Å²) in [4.78, 5) is 2.66. The second kappa shape index (κ2) is 5.25. The van der Waals surface area contributed by atoms with Gasteiger partial charge in [0.05, 0.1) is 6.61 Å². The van der Waals surface area contributed by atoms with Gasteiger partial charge in [0.1, 0.15) is 0 Å². The zero-order valence-electron chi connectivity index (χ0n) is 11.7. The van der Waals surface area contributed by atoms with Crippen molar-refractivity contribution in [3.63, 3.8) is 0 Å². The molecule has 0 spiro atoms. The molecule has 2 fully saturated rings. The summed E-state index contributed by atoms with van der Waals surface area (Å²) in [5, 5.41) is 3.49. The number of ether oxygens (including phenoxy) is 1. The lowest BCUT2D eigenvalue weighted by Crippen LogP contribution is -2.45. The molecule has 1 atom stereocenters. The Morgan fingerprint density at radius 2 is 1.82 bits per heavy atom. The smallest absolute Gasteiger partial charge is 0.0516 e. The van der Waals surface area contributed by atoms with Crippen molar-refractivity contribution in [2.24, 2.45) is 10.8 Å². The molecule has 0 radical (unpaired) electrons. The Kier molecular flexibility index (Phi) is 4.11. The van der Waals surface area contributed by atoms with Crippen molar-refractivity contribution in [1.29, 1.82) is 0 Å². The highest BCUT2D eigenvalue weighted by molar-refractivity contribution is 4.89. The highest BCUT2D eigenvalue weighted by atomic mass is 16.5. The molecule has 3 nitrogen and oxygen atoms in total. The van der Waals surface area contributed by atoms with Gasteiger partial charge in [-0.1, -0.05) is 13.8 Å². The predicted molar refractivity (Wildman–Crippen MR) is 71.3 cm³/mol. The van der Waals surface area contributed by atoms with Gasteiger partial charge < -0.3 is 15.0 Å². The van der Waals surface area contributed by atoms with Crippen molar-refractivity contribution in [1.82, 2.24) is 10.2 Å². The van der Waals surface area contributed by atoms with Crippen molar-refractivity contribution in [2.75, 3.05) is 46.4 Å². The summed E-state index contributed by atoms with van der Waals surface area (Å²) in [5.41, 5.74) is 0.926. The minimum atomic E-state index is 0.417. The van der Waals surface area contributed by atoms with Crippen LogP contribution in [0.5, 0.6) is 0 Å². The summed E-state index contributed by atoms with van der Waals surface area (Å²) in [6.07, 6.45) is 3.90. The van der Waals surface area contributed by atoms with Crippen LogP contribution in [0.1, 0.15) is 33.1 Å². The molecular weight excluding hydrogens is 212 g/mol. The first-order valence-corrected chi connectivity index (χ1v) is 6.97. The number of rotatable bonds is 4. The summed E-state index contributed by atoms with van der Waals surface area (Å²) in [6.45, 7) is 11.9. The fraction of sp³-hybridized carbons (Fsp3) is 1.00. The van der Waals surface area contributed by atoms with Crippen LogP contribution in [0.15, 0.2) is 0 Å². The van der Waals surface area contributed by atoms with Crippen molar-refractivity contribution in [2.45, 2.75) is 33.1 Å². The van der Waals surface area contributed by atoms with Crippen LogP contribution in [0, 0.1) is 10.8 Å². The van der Waals surface area contributed by atoms with Gasteiger partial charge in [0.15, 0.2) is 0 Å². The highest BCUT2D eigenvalue weighted by Gasteiger charge is 2.35. The van der Waals surface area contributed by atoms with E-state index in [1.807, 2.05) is 7.11 Å². The molecule has 2 aliphatic heterocycles. The Labute approximate surface area is 106 Å². The van der Waals surface area contributed by atoms with E-state index in [4.69, 9.17) is 4.74 Å². The van der Waals surface area contributed by atoms with E-state index >= 15 is 0 Å². The lowest BCUT2D eigenvalue weighted by molar-refractivity contribution is 0.0239. The maximum atomic E-state index is 5.34. The molecule has 0 aromatic carbocycles. The van der Waals surface area contributed by atoms with E-state index in [1.54, 1.807) is 0 Å². The monoisotopic (exact) mass is 240 g/mol. The average Bonchev–Trinajstić information content (AvgIpc) is 2.69. The molecule has 3 heteroatoms. The van der Waals surface area contributed by atoms with Crippen LogP contribution in [-0.2, 0) is 4.74 Å². The third kappa shape index (κ3) is 3.43. The lowest BCUT2D eigenvalue weighted by atomic mass is 9.80. The van der Waals surface area contributed by atoms with Gasteiger partial charge in [-0.3, -0.25) is 0 Å². The zero-order valence-corrected chi connectivity index (χ0v) is 11.7. The summed E-state index contributed by atoms with van der Waals surface area (Å²) in [7, 11) is 1.82. The van der Waals surface area contributed by atoms with Crippen molar-refractivity contribution in [3.8, 4) is 0 Å². The topological polar surface area (TPSA) is 24.5 Å². The zero-order chi connectivity index (χ0) is 12.4. The number of likely N-dealkylation sites (tertiary alicyclic amines) is 1. The fourth-order valence-corrected chi connectivity index (χ4v) is 3.29. The first-order chi connectivity index (χ1) is 8.05. The van der Waals surface area contributed by atoms with Gasteiger partial charge >= 0.3 is 0 Å². The standard InChI is InChI=1S/C14H28N2O/c1-13(12-17-3)5-8-16(9-6-13)11-14(2)4-7-15-10-14/h15H,4-12H2,1-3H3. The molecule has 2 heterocycles. The molecule has 17 heavy (non-hydrogen) atoms. The Morgan fingerprint density at radius 3 is 2.35 bits per heavy atom. The molecule has 0 bridgehead atoms. The average molecular weight is 240 g/mol. The summed E-state index contributed by atoms with van der Waals surface area (Å²) in [6, 6.07) is 0. The molecular formula is C14H28N2O. The lowest BCUT2D eigenvalue weighted by Gasteiger charge is -2.41. The van der Waals surface area contributed by atoms with Crippen LogP contribution in [0.25, 0.3) is 0 Å². The van der Waals surface area contributed by atoms with Gasteiger partial charge in [-0.25, -0.2) is 0 Å². The largest absolute Gasteiger partial charge is 0.384 e. The van der Waals surface area contributed by atoms with Gasteiger partial charge in [-0.2, -0.15) is 0 Å². The highest BCUT2D eigenvalue weighted by Crippen LogP contribution is 2.33. The van der Waals surface area contributed by atoms with E-state index in [0.29, 0.717) is 10.8 Å². The van der Waals surface area contributed by atoms with E-state index < -0.39 is 0 Å². The number of methoxy groups -OCH3 is 1.